The van der Waals surface area contributed by atoms with Crippen LogP contribution < -0.4 is 5.32 Å². The lowest BCUT2D eigenvalue weighted by Gasteiger charge is -2.11. The number of thioether (sulfide) groups is 1. The number of anilines is 1. The molecule has 1 amide bonds. The molecule has 0 saturated heterocycles. The van der Waals surface area contributed by atoms with E-state index >= 15 is 0 Å². The van der Waals surface area contributed by atoms with E-state index in [0.29, 0.717) is 5.75 Å². The molecule has 0 fully saturated rings. The number of benzene rings is 2. The maximum Gasteiger partial charge on any atom is 0.234 e. The molecule has 0 atom stereocenters. The number of aromatic nitrogens is 2. The Morgan fingerprint density at radius 2 is 2.04 bits per heavy atom. The van der Waals surface area contributed by atoms with Crippen molar-refractivity contribution in [2.24, 2.45) is 0 Å². The summed E-state index contributed by atoms with van der Waals surface area (Å²) in [5.74, 6) is 0.234. The number of hydrogen-bond acceptors (Lipinski definition) is 3. The lowest BCUT2D eigenvalue weighted by Crippen LogP contribution is -2.15. The molecule has 3 aromatic rings. The van der Waals surface area contributed by atoms with E-state index in [-0.39, 0.29) is 5.91 Å². The predicted molar refractivity (Wildman–Crippen MR) is 107 cm³/mol. The second-order valence-electron chi connectivity index (χ2n) is 5.69. The number of aryl methyl sites for hydroxylation is 2. The van der Waals surface area contributed by atoms with Gasteiger partial charge in [-0.2, -0.15) is 0 Å². The Morgan fingerprint density at radius 1 is 1.24 bits per heavy atom. The number of para-hydroxylation sites is 1. The van der Waals surface area contributed by atoms with Crippen molar-refractivity contribution in [3.05, 3.63) is 70.5 Å². The fraction of sp³-hybridized carbons (Fsp3) is 0.158. The van der Waals surface area contributed by atoms with Crippen molar-refractivity contribution in [2.75, 3.05) is 11.1 Å². The van der Waals surface area contributed by atoms with Crippen LogP contribution in [-0.2, 0) is 4.79 Å². The van der Waals surface area contributed by atoms with Gasteiger partial charge >= 0.3 is 0 Å². The van der Waals surface area contributed by atoms with E-state index in [1.807, 2.05) is 54.1 Å². The van der Waals surface area contributed by atoms with Gasteiger partial charge in [0.05, 0.1) is 17.1 Å². The quantitative estimate of drug-likeness (QED) is 0.597. The van der Waals surface area contributed by atoms with Crippen LogP contribution in [0.4, 0.5) is 5.69 Å². The van der Waals surface area contributed by atoms with Gasteiger partial charge in [0.15, 0.2) is 5.16 Å². The molecule has 0 spiro atoms. The van der Waals surface area contributed by atoms with Gasteiger partial charge in [-0.25, -0.2) is 4.98 Å². The molecule has 0 saturated carbocycles. The van der Waals surface area contributed by atoms with E-state index in [1.54, 1.807) is 6.20 Å². The second kappa shape index (κ2) is 7.89. The molecule has 0 bridgehead atoms. The molecule has 1 N–H and O–H groups in total. The number of amides is 1. The molecule has 1 aromatic heterocycles. The third kappa shape index (κ3) is 4.32. The molecule has 0 unspecified atom stereocenters. The highest BCUT2D eigenvalue weighted by atomic mass is 79.9. The number of imidazole rings is 1. The molecule has 0 aliphatic carbocycles. The van der Waals surface area contributed by atoms with Crippen molar-refractivity contribution in [1.29, 1.82) is 0 Å². The zero-order valence-corrected chi connectivity index (χ0v) is 16.4. The number of nitrogens with zero attached hydrogens (tertiary/aromatic N) is 2. The van der Waals surface area contributed by atoms with Gasteiger partial charge in [-0.1, -0.05) is 36.0 Å². The minimum absolute atomic E-state index is 0.0612. The molecule has 128 valence electrons. The molecule has 6 heteroatoms. The number of halogens is 1. The number of nitrogens with one attached hydrogen (secondary N) is 1. The highest BCUT2D eigenvalue weighted by Gasteiger charge is 2.11. The molecule has 2 aromatic carbocycles. The van der Waals surface area contributed by atoms with Gasteiger partial charge in [-0.05, 0) is 59.1 Å². The van der Waals surface area contributed by atoms with Crippen molar-refractivity contribution in [1.82, 2.24) is 9.55 Å². The van der Waals surface area contributed by atoms with E-state index < -0.39 is 0 Å². The molecule has 25 heavy (non-hydrogen) atoms. The van der Waals surface area contributed by atoms with Crippen LogP contribution >= 0.6 is 27.7 Å². The Hall–Kier alpha value is -2.05. The van der Waals surface area contributed by atoms with Crippen LogP contribution in [0.3, 0.4) is 0 Å². The van der Waals surface area contributed by atoms with Gasteiger partial charge in [0.1, 0.15) is 0 Å². The van der Waals surface area contributed by atoms with Crippen molar-refractivity contribution < 1.29 is 4.79 Å². The molecular formula is C19H18BrN3OS. The molecule has 3 rings (SSSR count). The maximum absolute atomic E-state index is 12.3. The number of carbonyl (C=O) groups is 1. The van der Waals surface area contributed by atoms with Crippen LogP contribution in [0.25, 0.3) is 5.69 Å². The first kappa shape index (κ1) is 17.8. The average Bonchev–Trinajstić information content (AvgIpc) is 3.04. The van der Waals surface area contributed by atoms with Crippen LogP contribution in [0.5, 0.6) is 0 Å². The standard InChI is InChI=1S/C19H18BrN3OS/c1-13-7-8-16(15(20)11-13)22-18(24)12-25-19-21-9-10-23(19)17-6-4-3-5-14(17)2/h3-11H,12H2,1-2H3,(H,22,24). The van der Waals surface area contributed by atoms with Crippen LogP contribution in [0.2, 0.25) is 0 Å². The zero-order valence-electron chi connectivity index (χ0n) is 14.0. The summed E-state index contributed by atoms with van der Waals surface area (Å²) < 4.78 is 2.89. The van der Waals surface area contributed by atoms with E-state index in [1.165, 1.54) is 11.8 Å². The van der Waals surface area contributed by atoms with E-state index in [2.05, 4.69) is 39.2 Å². The first-order valence-electron chi connectivity index (χ1n) is 7.83. The molecule has 4 nitrogen and oxygen atoms in total. The summed E-state index contributed by atoms with van der Waals surface area (Å²) in [5, 5.41) is 3.73. The van der Waals surface area contributed by atoms with E-state index in [0.717, 1.165) is 32.1 Å². The molecule has 0 aliphatic heterocycles. The Bertz CT molecular complexity index is 907. The lowest BCUT2D eigenvalue weighted by atomic mass is 10.2. The van der Waals surface area contributed by atoms with Gasteiger partial charge in [-0.15, -0.1) is 0 Å². The topological polar surface area (TPSA) is 46.9 Å². The highest BCUT2D eigenvalue weighted by Crippen LogP contribution is 2.25. The summed E-state index contributed by atoms with van der Waals surface area (Å²) in [6, 6.07) is 14.0. The molecule has 1 heterocycles. The minimum atomic E-state index is -0.0612. The largest absolute Gasteiger partial charge is 0.324 e. The van der Waals surface area contributed by atoms with Crippen LogP contribution in [-0.4, -0.2) is 21.2 Å². The average molecular weight is 416 g/mol. The fourth-order valence-electron chi connectivity index (χ4n) is 2.45. The van der Waals surface area contributed by atoms with Gasteiger partial charge in [0.25, 0.3) is 0 Å². The Labute approximate surface area is 159 Å². The van der Waals surface area contributed by atoms with Gasteiger partial charge in [0.2, 0.25) is 5.91 Å². The van der Waals surface area contributed by atoms with Gasteiger partial charge in [-0.3, -0.25) is 9.36 Å². The minimum Gasteiger partial charge on any atom is -0.324 e. The summed E-state index contributed by atoms with van der Waals surface area (Å²) in [5.41, 5.74) is 4.15. The number of carbonyl (C=O) groups excluding carboxylic acids is 1. The summed E-state index contributed by atoms with van der Waals surface area (Å²) >= 11 is 4.90. The smallest absolute Gasteiger partial charge is 0.234 e. The van der Waals surface area contributed by atoms with Crippen LogP contribution in [0.15, 0.2) is 64.5 Å². The van der Waals surface area contributed by atoms with Gasteiger partial charge < -0.3 is 5.32 Å². The number of rotatable bonds is 5. The molecule has 0 aliphatic rings. The summed E-state index contributed by atoms with van der Waals surface area (Å²) in [7, 11) is 0. The Morgan fingerprint density at radius 3 is 2.80 bits per heavy atom. The zero-order chi connectivity index (χ0) is 17.8. The fourth-order valence-corrected chi connectivity index (χ4v) is 3.81. The van der Waals surface area contributed by atoms with Crippen molar-refractivity contribution in [3.8, 4) is 5.69 Å². The monoisotopic (exact) mass is 415 g/mol. The lowest BCUT2D eigenvalue weighted by molar-refractivity contribution is -0.113. The van der Waals surface area contributed by atoms with Crippen LogP contribution in [0, 0.1) is 13.8 Å². The third-order valence-electron chi connectivity index (χ3n) is 3.71. The maximum atomic E-state index is 12.3. The van der Waals surface area contributed by atoms with Crippen molar-refractivity contribution in [2.45, 2.75) is 19.0 Å². The van der Waals surface area contributed by atoms with Crippen molar-refractivity contribution >= 4 is 39.3 Å². The molecular weight excluding hydrogens is 398 g/mol. The summed E-state index contributed by atoms with van der Waals surface area (Å²) in [6.45, 7) is 4.07. The van der Waals surface area contributed by atoms with Gasteiger partial charge in [0, 0.05) is 16.9 Å². The number of hydrogen-bond donors (Lipinski definition) is 1. The predicted octanol–water partition coefficient (Wildman–Crippen LogP) is 4.98. The summed E-state index contributed by atoms with van der Waals surface area (Å²) in [6.07, 6.45) is 3.67. The first-order valence-corrected chi connectivity index (χ1v) is 9.60. The SMILES string of the molecule is Cc1ccc(NC(=O)CSc2nccn2-c2ccccc2C)c(Br)c1. The van der Waals surface area contributed by atoms with E-state index in [9.17, 15) is 4.79 Å². The van der Waals surface area contributed by atoms with Crippen molar-refractivity contribution in [3.63, 3.8) is 0 Å². The Kier molecular flexibility index (Phi) is 5.60. The summed E-state index contributed by atoms with van der Waals surface area (Å²) in [4.78, 5) is 16.6. The Balaban J connectivity index is 1.67. The highest BCUT2D eigenvalue weighted by molar-refractivity contribution is 9.10. The van der Waals surface area contributed by atoms with E-state index in [4.69, 9.17) is 0 Å². The first-order chi connectivity index (χ1) is 12.0. The third-order valence-corrected chi connectivity index (χ3v) is 5.34. The normalized spacial score (nSPS) is 10.7. The molecule has 0 radical (unpaired) electrons. The van der Waals surface area contributed by atoms with Crippen LogP contribution in [0.1, 0.15) is 11.1 Å². The second-order valence-corrected chi connectivity index (χ2v) is 7.48.